The van der Waals surface area contributed by atoms with Crippen LogP contribution in [0.1, 0.15) is 0 Å². The number of nitrogens with zero attached hydrogens (tertiary/aromatic N) is 3. The number of benzene rings is 3. The molecule has 0 saturated heterocycles. The number of nitrogens with one attached hydrogen (secondary N) is 1. The van der Waals surface area contributed by atoms with Crippen LogP contribution in [0.3, 0.4) is 0 Å². The molecule has 0 aliphatic rings. The summed E-state index contributed by atoms with van der Waals surface area (Å²) >= 11 is 0. The summed E-state index contributed by atoms with van der Waals surface area (Å²) in [4.78, 5) is 6.73. The lowest BCUT2D eigenvalue weighted by molar-refractivity contribution is 0.483. The van der Waals surface area contributed by atoms with Gasteiger partial charge in [0.25, 0.3) is 0 Å². The molecule has 2 heterocycles. The molecule has 164 valence electrons. The largest absolute Gasteiger partial charge is 0.457 e. The quantitative estimate of drug-likeness (QED) is 0.318. The van der Waals surface area contributed by atoms with Gasteiger partial charge < -0.3 is 19.5 Å². The van der Waals surface area contributed by atoms with Gasteiger partial charge in [-0.3, -0.25) is 0 Å². The molecule has 5 nitrogen and oxygen atoms in total. The Bertz CT molecular complexity index is 1390. The molecule has 0 saturated carbocycles. The van der Waals surface area contributed by atoms with Gasteiger partial charge in [-0.1, -0.05) is 36.4 Å². The van der Waals surface area contributed by atoms with Gasteiger partial charge in [0.1, 0.15) is 17.3 Å². The van der Waals surface area contributed by atoms with E-state index < -0.39 is 0 Å². The number of hydrogen-bond acceptors (Lipinski definition) is 4. The van der Waals surface area contributed by atoms with E-state index in [1.54, 1.807) is 0 Å². The fourth-order valence-corrected chi connectivity index (χ4v) is 3.92. The van der Waals surface area contributed by atoms with E-state index in [9.17, 15) is 0 Å². The lowest BCUT2D eigenvalue weighted by atomic mass is 10.1. The predicted molar refractivity (Wildman–Crippen MR) is 137 cm³/mol. The van der Waals surface area contributed by atoms with Crippen molar-refractivity contribution in [1.82, 2.24) is 9.55 Å². The van der Waals surface area contributed by atoms with Gasteiger partial charge in [-0.15, -0.1) is 0 Å². The lowest BCUT2D eigenvalue weighted by Gasteiger charge is -2.13. The van der Waals surface area contributed by atoms with Gasteiger partial charge in [0.05, 0.1) is 5.52 Å². The number of pyridine rings is 1. The van der Waals surface area contributed by atoms with Gasteiger partial charge in [-0.05, 0) is 48.0 Å². The second kappa shape index (κ2) is 8.71. The predicted octanol–water partition coefficient (Wildman–Crippen LogP) is 6.84. The average molecular weight is 435 g/mol. The van der Waals surface area contributed by atoms with Crippen molar-refractivity contribution in [2.24, 2.45) is 7.05 Å². The molecule has 5 rings (SSSR count). The van der Waals surface area contributed by atoms with Crippen molar-refractivity contribution in [3.05, 3.63) is 97.2 Å². The van der Waals surface area contributed by atoms with Gasteiger partial charge in [0.15, 0.2) is 0 Å². The van der Waals surface area contributed by atoms with Crippen LogP contribution in [0.15, 0.2) is 97.2 Å². The summed E-state index contributed by atoms with van der Waals surface area (Å²) in [5.74, 6) is 2.37. The van der Waals surface area contributed by atoms with E-state index >= 15 is 0 Å². The number of fused-ring (bicyclic) bond motifs is 1. The first-order valence-electron chi connectivity index (χ1n) is 10.9. The summed E-state index contributed by atoms with van der Waals surface area (Å²) in [6.45, 7) is 0. The van der Waals surface area contributed by atoms with Crippen LogP contribution in [0, 0.1) is 0 Å². The fourth-order valence-electron chi connectivity index (χ4n) is 3.92. The molecule has 5 heteroatoms. The summed E-state index contributed by atoms with van der Waals surface area (Å²) in [7, 11) is 6.20. The highest BCUT2D eigenvalue weighted by Gasteiger charge is 2.10. The first-order valence-corrected chi connectivity index (χ1v) is 10.9. The second-order valence-corrected chi connectivity index (χ2v) is 8.23. The molecule has 5 aromatic rings. The number of para-hydroxylation sites is 1. The molecule has 0 aliphatic carbocycles. The highest BCUT2D eigenvalue weighted by molar-refractivity contribution is 5.88. The zero-order chi connectivity index (χ0) is 22.8. The summed E-state index contributed by atoms with van der Waals surface area (Å²) in [6.07, 6.45) is 1.92. The third-order valence-electron chi connectivity index (χ3n) is 5.69. The molecule has 2 aromatic heterocycles. The number of hydrogen-bond donors (Lipinski definition) is 1. The SMILES string of the molecule is CN(C)c1ccc(-c2cc3cnc(Nc4cccc(Oc5ccccc5)c4)cc3n2C)cc1. The zero-order valence-corrected chi connectivity index (χ0v) is 19.0. The third kappa shape index (κ3) is 4.39. The minimum Gasteiger partial charge on any atom is -0.457 e. The lowest BCUT2D eigenvalue weighted by Crippen LogP contribution is -2.08. The average Bonchev–Trinajstić information content (AvgIpc) is 3.16. The molecule has 0 bridgehead atoms. The van der Waals surface area contributed by atoms with Crippen molar-refractivity contribution in [3.63, 3.8) is 0 Å². The number of rotatable bonds is 6. The van der Waals surface area contributed by atoms with Crippen LogP contribution in [-0.4, -0.2) is 23.6 Å². The van der Waals surface area contributed by atoms with E-state index in [1.165, 1.54) is 11.3 Å². The van der Waals surface area contributed by atoms with Crippen LogP contribution in [0.2, 0.25) is 0 Å². The summed E-state index contributed by atoms with van der Waals surface area (Å²) in [5.41, 5.74) is 5.57. The van der Waals surface area contributed by atoms with Crippen molar-refractivity contribution >= 4 is 28.1 Å². The summed E-state index contributed by atoms with van der Waals surface area (Å²) in [5, 5.41) is 4.52. The molecule has 0 fully saturated rings. The maximum atomic E-state index is 5.95. The normalized spacial score (nSPS) is 10.9. The zero-order valence-electron chi connectivity index (χ0n) is 19.0. The Morgan fingerprint density at radius 2 is 1.58 bits per heavy atom. The van der Waals surface area contributed by atoms with Crippen molar-refractivity contribution in [2.45, 2.75) is 0 Å². The van der Waals surface area contributed by atoms with E-state index in [-0.39, 0.29) is 0 Å². The summed E-state index contributed by atoms with van der Waals surface area (Å²) in [6, 6.07) is 30.5. The molecular weight excluding hydrogens is 408 g/mol. The molecule has 33 heavy (non-hydrogen) atoms. The molecule has 0 aliphatic heterocycles. The Labute approximate surface area is 193 Å². The van der Waals surface area contributed by atoms with Crippen molar-refractivity contribution in [3.8, 4) is 22.8 Å². The van der Waals surface area contributed by atoms with Crippen LogP contribution >= 0.6 is 0 Å². The number of ether oxygens (including phenoxy) is 1. The van der Waals surface area contributed by atoms with Gasteiger partial charge in [-0.2, -0.15) is 0 Å². The van der Waals surface area contributed by atoms with E-state index in [4.69, 9.17) is 4.74 Å². The molecule has 0 radical (unpaired) electrons. The number of aromatic nitrogens is 2. The smallest absolute Gasteiger partial charge is 0.132 e. The molecule has 0 atom stereocenters. The van der Waals surface area contributed by atoms with Gasteiger partial charge in [-0.25, -0.2) is 4.98 Å². The minimum atomic E-state index is 0.773. The van der Waals surface area contributed by atoms with E-state index in [0.29, 0.717) is 0 Å². The molecule has 0 unspecified atom stereocenters. The van der Waals surface area contributed by atoms with E-state index in [1.807, 2.05) is 60.8 Å². The van der Waals surface area contributed by atoms with Crippen molar-refractivity contribution in [2.75, 3.05) is 24.3 Å². The third-order valence-corrected chi connectivity index (χ3v) is 5.69. The first kappa shape index (κ1) is 20.6. The highest BCUT2D eigenvalue weighted by atomic mass is 16.5. The van der Waals surface area contributed by atoms with Crippen LogP contribution < -0.4 is 15.0 Å². The molecular formula is C28H26N4O. The van der Waals surface area contributed by atoms with Crippen molar-refractivity contribution in [1.29, 1.82) is 0 Å². The molecule has 0 amide bonds. The van der Waals surface area contributed by atoms with Gasteiger partial charge in [0, 0.05) is 61.9 Å². The van der Waals surface area contributed by atoms with Gasteiger partial charge >= 0.3 is 0 Å². The second-order valence-electron chi connectivity index (χ2n) is 8.23. The van der Waals surface area contributed by atoms with Crippen LogP contribution in [0.4, 0.5) is 17.2 Å². The van der Waals surface area contributed by atoms with Gasteiger partial charge in [0.2, 0.25) is 0 Å². The highest BCUT2D eigenvalue weighted by Crippen LogP contribution is 2.30. The van der Waals surface area contributed by atoms with Crippen LogP contribution in [0.25, 0.3) is 22.2 Å². The van der Waals surface area contributed by atoms with Crippen molar-refractivity contribution < 1.29 is 4.74 Å². The summed E-state index contributed by atoms with van der Waals surface area (Å²) < 4.78 is 8.16. The number of anilines is 3. The van der Waals surface area contributed by atoms with Crippen LogP contribution in [0.5, 0.6) is 11.5 Å². The number of aryl methyl sites for hydroxylation is 1. The maximum absolute atomic E-state index is 5.95. The maximum Gasteiger partial charge on any atom is 0.132 e. The Hall–Kier alpha value is -4.25. The monoisotopic (exact) mass is 434 g/mol. The Kier molecular flexibility index (Phi) is 5.45. The standard InChI is InChI=1S/C28H26N4O/c1-31(2)23-14-12-20(13-15-23)26-16-21-19-29-28(18-27(21)32(26)3)30-22-8-7-11-25(17-22)33-24-9-5-4-6-10-24/h4-19H,1-3H3,(H,29,30). The Balaban J connectivity index is 1.40. The molecule has 3 aromatic carbocycles. The Morgan fingerprint density at radius 1 is 0.818 bits per heavy atom. The van der Waals surface area contributed by atoms with E-state index in [0.717, 1.165) is 39.6 Å². The molecule has 0 spiro atoms. The van der Waals surface area contributed by atoms with E-state index in [2.05, 4.69) is 77.3 Å². The first-order chi connectivity index (χ1) is 16.1. The topological polar surface area (TPSA) is 42.3 Å². The minimum absolute atomic E-state index is 0.773. The van der Waals surface area contributed by atoms with Crippen LogP contribution in [-0.2, 0) is 7.05 Å². The Morgan fingerprint density at radius 3 is 2.33 bits per heavy atom. The fraction of sp³-hybridized carbons (Fsp3) is 0.107. The molecule has 1 N–H and O–H groups in total.